The van der Waals surface area contributed by atoms with Crippen molar-refractivity contribution in [3.05, 3.63) is 42.4 Å². The Hall–Kier alpha value is -3.07. The van der Waals surface area contributed by atoms with Crippen LogP contribution in [0.4, 0.5) is 11.4 Å². The monoisotopic (exact) mass is 398 g/mol. The van der Waals surface area contributed by atoms with Crippen LogP contribution in [0.2, 0.25) is 0 Å². The van der Waals surface area contributed by atoms with Gasteiger partial charge >= 0.3 is 0 Å². The van der Waals surface area contributed by atoms with Crippen molar-refractivity contribution in [1.82, 2.24) is 10.2 Å². The van der Waals surface area contributed by atoms with Crippen molar-refractivity contribution in [3.63, 3.8) is 0 Å². The first kappa shape index (κ1) is 18.3. The molecule has 1 aromatic carbocycles. The van der Waals surface area contributed by atoms with Crippen LogP contribution in [0.1, 0.15) is 18.6 Å². The maximum atomic E-state index is 12.3. The fourth-order valence-electron chi connectivity index (χ4n) is 2.98. The predicted molar refractivity (Wildman–Crippen MR) is 104 cm³/mol. The number of amides is 2. The molecule has 1 saturated heterocycles. The SMILES string of the molecule is Cc1occc1-c1nnc(SCC(=O)Nc2cccc(N3CCCC3=O)c2)o1. The van der Waals surface area contributed by atoms with Gasteiger partial charge in [-0.15, -0.1) is 10.2 Å². The molecule has 0 aliphatic carbocycles. The summed E-state index contributed by atoms with van der Waals surface area (Å²) >= 11 is 1.15. The molecule has 144 valence electrons. The van der Waals surface area contributed by atoms with Gasteiger partial charge in [0, 0.05) is 24.3 Å². The number of carbonyl (C=O) groups is 2. The van der Waals surface area contributed by atoms with E-state index in [0.29, 0.717) is 35.5 Å². The first-order valence-corrected chi connectivity index (χ1v) is 9.80. The third-order valence-corrected chi connectivity index (χ3v) is 5.16. The van der Waals surface area contributed by atoms with Crippen molar-refractivity contribution < 1.29 is 18.4 Å². The summed E-state index contributed by atoms with van der Waals surface area (Å²) in [5.74, 6) is 1.08. The summed E-state index contributed by atoms with van der Waals surface area (Å²) < 4.78 is 10.8. The van der Waals surface area contributed by atoms with E-state index in [1.54, 1.807) is 29.4 Å². The van der Waals surface area contributed by atoms with E-state index in [4.69, 9.17) is 8.83 Å². The van der Waals surface area contributed by atoms with Crippen molar-refractivity contribution in [1.29, 1.82) is 0 Å². The minimum Gasteiger partial charge on any atom is -0.469 e. The molecule has 1 aliphatic rings. The number of hydrogen-bond donors (Lipinski definition) is 1. The van der Waals surface area contributed by atoms with Crippen molar-refractivity contribution in [2.45, 2.75) is 25.0 Å². The fraction of sp³-hybridized carbons (Fsp3) is 0.263. The van der Waals surface area contributed by atoms with Gasteiger partial charge in [0.2, 0.25) is 11.8 Å². The van der Waals surface area contributed by atoms with Crippen molar-refractivity contribution in [2.24, 2.45) is 0 Å². The van der Waals surface area contributed by atoms with Gasteiger partial charge in [-0.3, -0.25) is 9.59 Å². The summed E-state index contributed by atoms with van der Waals surface area (Å²) in [6.07, 6.45) is 2.98. The second-order valence-electron chi connectivity index (χ2n) is 6.30. The van der Waals surface area contributed by atoms with E-state index in [-0.39, 0.29) is 17.6 Å². The number of aryl methyl sites for hydroxylation is 1. The van der Waals surface area contributed by atoms with E-state index in [1.165, 1.54) is 0 Å². The highest BCUT2D eigenvalue weighted by molar-refractivity contribution is 7.99. The van der Waals surface area contributed by atoms with Gasteiger partial charge in [0.1, 0.15) is 5.76 Å². The van der Waals surface area contributed by atoms with E-state index in [2.05, 4.69) is 15.5 Å². The number of rotatable bonds is 6. The summed E-state index contributed by atoms with van der Waals surface area (Å²) in [4.78, 5) is 25.9. The Morgan fingerprint density at radius 2 is 2.21 bits per heavy atom. The molecule has 0 unspecified atom stereocenters. The van der Waals surface area contributed by atoms with Gasteiger partial charge in [-0.1, -0.05) is 17.8 Å². The lowest BCUT2D eigenvalue weighted by Crippen LogP contribution is -2.23. The molecular formula is C19H18N4O4S. The lowest BCUT2D eigenvalue weighted by Gasteiger charge is -2.16. The molecule has 0 saturated carbocycles. The first-order valence-electron chi connectivity index (χ1n) is 8.81. The Bertz CT molecular complexity index is 1010. The van der Waals surface area contributed by atoms with Crippen LogP contribution in [0.5, 0.6) is 0 Å². The molecule has 3 aromatic rings. The summed E-state index contributed by atoms with van der Waals surface area (Å²) in [6.45, 7) is 2.52. The zero-order valence-corrected chi connectivity index (χ0v) is 16.0. The standard InChI is InChI=1S/C19H18N4O4S/c1-12-15(7-9-26-12)18-21-22-19(27-18)28-11-16(24)20-13-4-2-5-14(10-13)23-8-3-6-17(23)25/h2,4-5,7,9-10H,3,6,8,11H2,1H3,(H,20,24). The van der Waals surface area contributed by atoms with Crippen LogP contribution in [-0.4, -0.2) is 34.3 Å². The predicted octanol–water partition coefficient (Wildman–Crippen LogP) is 3.50. The fourth-order valence-corrected chi connectivity index (χ4v) is 3.54. The maximum absolute atomic E-state index is 12.3. The largest absolute Gasteiger partial charge is 0.469 e. The van der Waals surface area contributed by atoms with Gasteiger partial charge in [0.05, 0.1) is 17.6 Å². The van der Waals surface area contributed by atoms with Crippen LogP contribution in [-0.2, 0) is 9.59 Å². The highest BCUT2D eigenvalue weighted by atomic mass is 32.2. The minimum absolute atomic E-state index is 0.110. The van der Waals surface area contributed by atoms with E-state index >= 15 is 0 Å². The van der Waals surface area contributed by atoms with Crippen molar-refractivity contribution in [3.8, 4) is 11.5 Å². The summed E-state index contributed by atoms with van der Waals surface area (Å²) in [7, 11) is 0. The normalized spacial score (nSPS) is 13.9. The molecule has 2 aromatic heterocycles. The zero-order valence-electron chi connectivity index (χ0n) is 15.2. The van der Waals surface area contributed by atoms with Crippen LogP contribution < -0.4 is 10.2 Å². The van der Waals surface area contributed by atoms with Crippen molar-refractivity contribution in [2.75, 3.05) is 22.5 Å². The Balaban J connectivity index is 1.34. The number of nitrogens with zero attached hydrogens (tertiary/aromatic N) is 3. The Morgan fingerprint density at radius 3 is 2.96 bits per heavy atom. The second kappa shape index (κ2) is 7.89. The molecule has 1 aliphatic heterocycles. The average Bonchev–Trinajstić information content (AvgIpc) is 3.41. The van der Waals surface area contributed by atoms with E-state index in [1.807, 2.05) is 19.1 Å². The second-order valence-corrected chi connectivity index (χ2v) is 7.23. The number of carbonyl (C=O) groups excluding carboxylic acids is 2. The van der Waals surface area contributed by atoms with E-state index in [0.717, 1.165) is 29.4 Å². The molecule has 0 atom stereocenters. The zero-order chi connectivity index (χ0) is 19.5. The topological polar surface area (TPSA) is 101 Å². The third-order valence-electron chi connectivity index (χ3n) is 4.34. The van der Waals surface area contributed by atoms with Crippen LogP contribution in [0, 0.1) is 6.92 Å². The van der Waals surface area contributed by atoms with E-state index < -0.39 is 0 Å². The summed E-state index contributed by atoms with van der Waals surface area (Å²) in [6, 6.07) is 9.03. The van der Waals surface area contributed by atoms with Crippen LogP contribution in [0.25, 0.3) is 11.5 Å². The van der Waals surface area contributed by atoms with Crippen LogP contribution in [0.15, 0.2) is 50.7 Å². The first-order chi connectivity index (χ1) is 13.6. The molecule has 1 N–H and O–H groups in total. The summed E-state index contributed by atoms with van der Waals surface area (Å²) in [5.41, 5.74) is 2.17. The number of hydrogen-bond acceptors (Lipinski definition) is 7. The smallest absolute Gasteiger partial charge is 0.277 e. The molecule has 9 heteroatoms. The molecule has 0 radical (unpaired) electrons. The highest BCUT2D eigenvalue weighted by Crippen LogP contribution is 2.27. The minimum atomic E-state index is -0.200. The lowest BCUT2D eigenvalue weighted by atomic mass is 10.2. The highest BCUT2D eigenvalue weighted by Gasteiger charge is 2.22. The number of thioether (sulfide) groups is 1. The molecular weight excluding hydrogens is 380 g/mol. The van der Waals surface area contributed by atoms with E-state index in [9.17, 15) is 9.59 Å². The quantitative estimate of drug-likeness (QED) is 0.634. The van der Waals surface area contributed by atoms with Crippen LogP contribution >= 0.6 is 11.8 Å². The van der Waals surface area contributed by atoms with Gasteiger partial charge < -0.3 is 19.1 Å². The summed E-state index contributed by atoms with van der Waals surface area (Å²) in [5, 5.41) is 11.1. The number of furan rings is 1. The molecule has 2 amide bonds. The molecule has 3 heterocycles. The van der Waals surface area contributed by atoms with Gasteiger partial charge in [-0.2, -0.15) is 0 Å². The molecule has 4 rings (SSSR count). The third kappa shape index (κ3) is 3.94. The molecule has 0 bridgehead atoms. The number of benzene rings is 1. The molecule has 8 nitrogen and oxygen atoms in total. The number of anilines is 2. The Labute approximate surface area is 165 Å². The van der Waals surface area contributed by atoms with Gasteiger partial charge in [-0.05, 0) is 37.6 Å². The van der Waals surface area contributed by atoms with Gasteiger partial charge in [0.15, 0.2) is 0 Å². The Morgan fingerprint density at radius 1 is 1.32 bits per heavy atom. The van der Waals surface area contributed by atoms with Crippen LogP contribution in [0.3, 0.4) is 0 Å². The van der Waals surface area contributed by atoms with Crippen molar-refractivity contribution >= 4 is 35.0 Å². The van der Waals surface area contributed by atoms with Gasteiger partial charge in [-0.25, -0.2) is 0 Å². The Kier molecular flexibility index (Phi) is 5.16. The lowest BCUT2D eigenvalue weighted by molar-refractivity contribution is -0.117. The van der Waals surface area contributed by atoms with Gasteiger partial charge in [0.25, 0.3) is 11.1 Å². The number of aromatic nitrogens is 2. The number of nitrogens with one attached hydrogen (secondary N) is 1. The molecule has 28 heavy (non-hydrogen) atoms. The molecule has 0 spiro atoms. The average molecular weight is 398 g/mol. The molecule has 1 fully saturated rings. The maximum Gasteiger partial charge on any atom is 0.277 e.